The molecule has 4 N–H and O–H groups in total. The number of benzene rings is 1. The molecule has 0 bridgehead atoms. The standard InChI is InChI=1S/C10H15NO2/c11-9(7-12)6-10(13)8-4-2-1-3-5-8/h1-5,9-10,12-13H,6-7,11H2/t9-,10+/m1/s1. The summed E-state index contributed by atoms with van der Waals surface area (Å²) in [7, 11) is 0. The zero-order valence-electron chi connectivity index (χ0n) is 7.43. The predicted octanol–water partition coefficient (Wildman–Crippen LogP) is 0.430. The van der Waals surface area contributed by atoms with Crippen LogP contribution in [0.5, 0.6) is 0 Å². The number of rotatable bonds is 4. The number of aliphatic hydroxyl groups is 2. The van der Waals surface area contributed by atoms with E-state index in [0.717, 1.165) is 5.56 Å². The van der Waals surface area contributed by atoms with Gasteiger partial charge in [0.1, 0.15) is 0 Å². The van der Waals surface area contributed by atoms with Crippen LogP contribution in [0.15, 0.2) is 30.3 Å². The molecule has 3 heteroatoms. The minimum absolute atomic E-state index is 0.0934. The molecular formula is C10H15NO2. The Kier molecular flexibility index (Phi) is 3.89. The van der Waals surface area contributed by atoms with E-state index in [9.17, 15) is 5.11 Å². The van der Waals surface area contributed by atoms with Crippen molar-refractivity contribution in [1.82, 2.24) is 0 Å². The average Bonchev–Trinajstić information content (AvgIpc) is 2.19. The summed E-state index contributed by atoms with van der Waals surface area (Å²) in [5.41, 5.74) is 6.34. The van der Waals surface area contributed by atoms with Gasteiger partial charge in [-0.05, 0) is 12.0 Å². The third kappa shape index (κ3) is 3.14. The van der Waals surface area contributed by atoms with Crippen molar-refractivity contribution < 1.29 is 10.2 Å². The summed E-state index contributed by atoms with van der Waals surface area (Å²) in [6, 6.07) is 8.95. The quantitative estimate of drug-likeness (QED) is 0.631. The lowest BCUT2D eigenvalue weighted by molar-refractivity contribution is 0.140. The fourth-order valence-electron chi connectivity index (χ4n) is 1.17. The van der Waals surface area contributed by atoms with Crippen LogP contribution in [0.25, 0.3) is 0 Å². The average molecular weight is 181 g/mol. The highest BCUT2D eigenvalue weighted by Gasteiger charge is 2.10. The molecule has 1 aromatic rings. The molecular weight excluding hydrogens is 166 g/mol. The van der Waals surface area contributed by atoms with Crippen molar-refractivity contribution in [3.63, 3.8) is 0 Å². The molecule has 0 fully saturated rings. The maximum Gasteiger partial charge on any atom is 0.0805 e. The van der Waals surface area contributed by atoms with Crippen molar-refractivity contribution in [2.45, 2.75) is 18.6 Å². The van der Waals surface area contributed by atoms with Crippen molar-refractivity contribution >= 4 is 0 Å². The van der Waals surface area contributed by atoms with Crippen LogP contribution in [0, 0.1) is 0 Å². The Hall–Kier alpha value is -0.900. The molecule has 0 heterocycles. The van der Waals surface area contributed by atoms with Gasteiger partial charge in [0.15, 0.2) is 0 Å². The highest BCUT2D eigenvalue weighted by Crippen LogP contribution is 2.16. The van der Waals surface area contributed by atoms with Crippen LogP contribution < -0.4 is 5.73 Å². The smallest absolute Gasteiger partial charge is 0.0805 e. The third-order valence-corrected chi connectivity index (χ3v) is 1.94. The summed E-state index contributed by atoms with van der Waals surface area (Å²) in [5, 5.41) is 18.3. The summed E-state index contributed by atoms with van der Waals surface area (Å²) in [4.78, 5) is 0. The van der Waals surface area contributed by atoms with E-state index >= 15 is 0 Å². The third-order valence-electron chi connectivity index (χ3n) is 1.94. The highest BCUT2D eigenvalue weighted by molar-refractivity contribution is 5.17. The second-order valence-electron chi connectivity index (χ2n) is 3.10. The van der Waals surface area contributed by atoms with Crippen LogP contribution in [0.2, 0.25) is 0 Å². The summed E-state index contributed by atoms with van der Waals surface area (Å²) >= 11 is 0. The number of hydrogen-bond donors (Lipinski definition) is 3. The van der Waals surface area contributed by atoms with E-state index in [2.05, 4.69) is 0 Å². The molecule has 0 radical (unpaired) electrons. The van der Waals surface area contributed by atoms with E-state index in [0.29, 0.717) is 6.42 Å². The summed E-state index contributed by atoms with van der Waals surface area (Å²) in [5.74, 6) is 0. The number of aliphatic hydroxyl groups excluding tert-OH is 2. The lowest BCUT2D eigenvalue weighted by atomic mass is 10.0. The van der Waals surface area contributed by atoms with Crippen LogP contribution in [-0.2, 0) is 0 Å². The molecule has 3 nitrogen and oxygen atoms in total. The molecule has 0 amide bonds. The predicted molar refractivity (Wildman–Crippen MR) is 51.1 cm³/mol. The molecule has 0 aliphatic carbocycles. The van der Waals surface area contributed by atoms with Crippen LogP contribution in [0.3, 0.4) is 0 Å². The zero-order valence-corrected chi connectivity index (χ0v) is 7.43. The highest BCUT2D eigenvalue weighted by atomic mass is 16.3. The van der Waals surface area contributed by atoms with Crippen LogP contribution >= 0.6 is 0 Å². The van der Waals surface area contributed by atoms with E-state index in [1.165, 1.54) is 0 Å². The maximum absolute atomic E-state index is 9.63. The van der Waals surface area contributed by atoms with Gasteiger partial charge in [-0.1, -0.05) is 30.3 Å². The van der Waals surface area contributed by atoms with E-state index < -0.39 is 6.10 Å². The molecule has 2 atom stereocenters. The first kappa shape index (κ1) is 10.2. The number of nitrogens with two attached hydrogens (primary N) is 1. The summed E-state index contributed by atoms with van der Waals surface area (Å²) in [6.45, 7) is -0.0934. The van der Waals surface area contributed by atoms with Crippen molar-refractivity contribution in [3.8, 4) is 0 Å². The summed E-state index contributed by atoms with van der Waals surface area (Å²) < 4.78 is 0. The van der Waals surface area contributed by atoms with Gasteiger partial charge in [0.2, 0.25) is 0 Å². The summed E-state index contributed by atoms with van der Waals surface area (Å²) in [6.07, 6.45) is -0.191. The van der Waals surface area contributed by atoms with Gasteiger partial charge >= 0.3 is 0 Å². The lowest BCUT2D eigenvalue weighted by Crippen LogP contribution is -2.26. The van der Waals surface area contributed by atoms with Crippen molar-refractivity contribution in [1.29, 1.82) is 0 Å². The fourth-order valence-corrected chi connectivity index (χ4v) is 1.17. The molecule has 1 aromatic carbocycles. The van der Waals surface area contributed by atoms with Gasteiger partial charge in [0, 0.05) is 6.04 Å². The van der Waals surface area contributed by atoms with Gasteiger partial charge < -0.3 is 15.9 Å². The fraction of sp³-hybridized carbons (Fsp3) is 0.400. The molecule has 0 spiro atoms. The second kappa shape index (κ2) is 4.97. The Labute approximate surface area is 77.8 Å². The van der Waals surface area contributed by atoms with E-state index in [1.807, 2.05) is 30.3 Å². The van der Waals surface area contributed by atoms with Gasteiger partial charge in [-0.15, -0.1) is 0 Å². The largest absolute Gasteiger partial charge is 0.395 e. The molecule has 1 rings (SSSR count). The molecule has 0 saturated heterocycles. The van der Waals surface area contributed by atoms with Crippen LogP contribution in [-0.4, -0.2) is 22.9 Å². The zero-order chi connectivity index (χ0) is 9.68. The molecule has 0 unspecified atom stereocenters. The first-order valence-corrected chi connectivity index (χ1v) is 4.33. The first-order chi connectivity index (χ1) is 6.24. The Morgan fingerprint density at radius 3 is 2.38 bits per heavy atom. The maximum atomic E-state index is 9.63. The van der Waals surface area contributed by atoms with Gasteiger partial charge in [-0.2, -0.15) is 0 Å². The van der Waals surface area contributed by atoms with Crippen LogP contribution in [0.4, 0.5) is 0 Å². The van der Waals surface area contributed by atoms with Crippen LogP contribution in [0.1, 0.15) is 18.1 Å². The van der Waals surface area contributed by atoms with Crippen molar-refractivity contribution in [3.05, 3.63) is 35.9 Å². The van der Waals surface area contributed by atoms with E-state index in [-0.39, 0.29) is 12.6 Å². The SMILES string of the molecule is N[C@@H](CO)C[C@H](O)c1ccccc1. The minimum Gasteiger partial charge on any atom is -0.395 e. The van der Waals surface area contributed by atoms with Gasteiger partial charge in [0.05, 0.1) is 12.7 Å². The molecule has 13 heavy (non-hydrogen) atoms. The second-order valence-corrected chi connectivity index (χ2v) is 3.10. The Bertz CT molecular complexity index is 238. The number of hydrogen-bond acceptors (Lipinski definition) is 3. The Morgan fingerprint density at radius 1 is 1.23 bits per heavy atom. The lowest BCUT2D eigenvalue weighted by Gasteiger charge is -2.14. The molecule has 72 valence electrons. The van der Waals surface area contributed by atoms with Crippen molar-refractivity contribution in [2.75, 3.05) is 6.61 Å². The monoisotopic (exact) mass is 181 g/mol. The van der Waals surface area contributed by atoms with E-state index in [1.54, 1.807) is 0 Å². The minimum atomic E-state index is -0.580. The molecule has 0 saturated carbocycles. The van der Waals surface area contributed by atoms with Gasteiger partial charge in [0.25, 0.3) is 0 Å². The topological polar surface area (TPSA) is 66.5 Å². The Balaban J connectivity index is 2.53. The van der Waals surface area contributed by atoms with Gasteiger partial charge in [-0.3, -0.25) is 0 Å². The van der Waals surface area contributed by atoms with Crippen molar-refractivity contribution in [2.24, 2.45) is 5.73 Å². The normalized spacial score (nSPS) is 15.3. The first-order valence-electron chi connectivity index (χ1n) is 4.33. The van der Waals surface area contributed by atoms with E-state index in [4.69, 9.17) is 10.8 Å². The molecule has 0 aromatic heterocycles. The Morgan fingerprint density at radius 2 is 1.85 bits per heavy atom. The molecule has 0 aliphatic heterocycles. The molecule has 0 aliphatic rings. The van der Waals surface area contributed by atoms with Gasteiger partial charge in [-0.25, -0.2) is 0 Å².